The van der Waals surface area contributed by atoms with E-state index in [0.717, 1.165) is 31.5 Å². The number of nitrogens with one attached hydrogen (secondary N) is 3. The zero-order valence-electron chi connectivity index (χ0n) is 15.6. The molecule has 1 saturated carbocycles. The van der Waals surface area contributed by atoms with Gasteiger partial charge in [-0.3, -0.25) is 4.99 Å². The lowest BCUT2D eigenvalue weighted by Crippen LogP contribution is -2.47. The Morgan fingerprint density at radius 1 is 1.13 bits per heavy atom. The van der Waals surface area contributed by atoms with E-state index in [0.29, 0.717) is 6.04 Å². The van der Waals surface area contributed by atoms with E-state index < -0.39 is 0 Å². The van der Waals surface area contributed by atoms with Crippen molar-refractivity contribution in [2.24, 2.45) is 10.9 Å². The summed E-state index contributed by atoms with van der Waals surface area (Å²) in [4.78, 5) is 7.00. The first kappa shape index (κ1) is 18.5. The third kappa shape index (κ3) is 7.08. The third-order valence-electron chi connectivity index (χ3n) is 4.90. The first-order chi connectivity index (χ1) is 11.0. The standard InChI is InChI=1S/C18H37N5/c1-18(2,3)21-11-10-20-17(19-4)22-16-9-12-23(14-16)13-15-7-5-6-8-15/h15-16,21H,5-14H2,1-4H3,(H2,19,20,22). The van der Waals surface area contributed by atoms with Crippen LogP contribution in [-0.2, 0) is 0 Å². The molecule has 2 aliphatic rings. The molecule has 0 radical (unpaired) electrons. The maximum Gasteiger partial charge on any atom is 0.191 e. The summed E-state index contributed by atoms with van der Waals surface area (Å²) in [7, 11) is 1.86. The molecule has 2 fully saturated rings. The number of guanidine groups is 1. The lowest BCUT2D eigenvalue weighted by Gasteiger charge is -2.23. The van der Waals surface area contributed by atoms with Gasteiger partial charge in [0.25, 0.3) is 0 Å². The number of hydrogen-bond donors (Lipinski definition) is 3. The minimum absolute atomic E-state index is 0.171. The van der Waals surface area contributed by atoms with Crippen LogP contribution in [0.3, 0.4) is 0 Å². The van der Waals surface area contributed by atoms with Crippen LogP contribution in [-0.4, -0.2) is 62.2 Å². The maximum absolute atomic E-state index is 4.36. The van der Waals surface area contributed by atoms with Crippen LogP contribution in [0.4, 0.5) is 0 Å². The molecule has 0 aromatic carbocycles. The predicted molar refractivity (Wildman–Crippen MR) is 99.1 cm³/mol. The lowest BCUT2D eigenvalue weighted by molar-refractivity contribution is 0.275. The molecule has 2 rings (SSSR count). The molecule has 1 aliphatic heterocycles. The minimum atomic E-state index is 0.171. The van der Waals surface area contributed by atoms with E-state index in [9.17, 15) is 0 Å². The fraction of sp³-hybridized carbons (Fsp3) is 0.944. The highest BCUT2D eigenvalue weighted by Gasteiger charge is 2.26. The molecular formula is C18H37N5. The van der Waals surface area contributed by atoms with Crippen LogP contribution in [0, 0.1) is 5.92 Å². The Morgan fingerprint density at radius 2 is 1.87 bits per heavy atom. The minimum Gasteiger partial charge on any atom is -0.355 e. The van der Waals surface area contributed by atoms with Crippen LogP contribution in [0.15, 0.2) is 4.99 Å². The smallest absolute Gasteiger partial charge is 0.191 e. The molecule has 0 amide bonds. The van der Waals surface area contributed by atoms with Gasteiger partial charge in [0.05, 0.1) is 0 Å². The maximum atomic E-state index is 4.36. The Labute approximate surface area is 142 Å². The van der Waals surface area contributed by atoms with Crippen molar-refractivity contribution < 1.29 is 0 Å². The number of likely N-dealkylation sites (tertiary alicyclic amines) is 1. The van der Waals surface area contributed by atoms with Crippen LogP contribution in [0.1, 0.15) is 52.9 Å². The molecule has 1 aliphatic carbocycles. The van der Waals surface area contributed by atoms with Crippen molar-refractivity contribution in [2.45, 2.75) is 64.5 Å². The van der Waals surface area contributed by atoms with Crippen LogP contribution >= 0.6 is 0 Å². The van der Waals surface area contributed by atoms with Crippen molar-refractivity contribution in [1.82, 2.24) is 20.9 Å². The fourth-order valence-electron chi connectivity index (χ4n) is 3.68. The average Bonchev–Trinajstić information content (AvgIpc) is 3.13. The molecule has 0 spiro atoms. The summed E-state index contributed by atoms with van der Waals surface area (Å²) < 4.78 is 0. The largest absolute Gasteiger partial charge is 0.355 e. The van der Waals surface area contributed by atoms with E-state index >= 15 is 0 Å². The van der Waals surface area contributed by atoms with Crippen molar-refractivity contribution >= 4 is 5.96 Å². The van der Waals surface area contributed by atoms with Crippen molar-refractivity contribution in [3.05, 3.63) is 0 Å². The number of hydrogen-bond acceptors (Lipinski definition) is 3. The van der Waals surface area contributed by atoms with Gasteiger partial charge in [-0.05, 0) is 46.0 Å². The molecule has 1 heterocycles. The van der Waals surface area contributed by atoms with Crippen molar-refractivity contribution in [1.29, 1.82) is 0 Å². The van der Waals surface area contributed by atoms with Gasteiger partial charge in [0.1, 0.15) is 0 Å². The fourth-order valence-corrected chi connectivity index (χ4v) is 3.68. The monoisotopic (exact) mass is 323 g/mol. The molecule has 1 atom stereocenters. The molecule has 0 bridgehead atoms. The van der Waals surface area contributed by atoms with E-state index in [1.165, 1.54) is 45.2 Å². The second-order valence-corrected chi connectivity index (χ2v) is 8.22. The van der Waals surface area contributed by atoms with Crippen molar-refractivity contribution in [3.8, 4) is 0 Å². The number of nitrogens with zero attached hydrogens (tertiary/aromatic N) is 2. The molecule has 0 aromatic rings. The van der Waals surface area contributed by atoms with Crippen molar-refractivity contribution in [2.75, 3.05) is 39.8 Å². The second-order valence-electron chi connectivity index (χ2n) is 8.22. The first-order valence-electron chi connectivity index (χ1n) is 9.41. The molecule has 134 valence electrons. The molecule has 5 heteroatoms. The van der Waals surface area contributed by atoms with Gasteiger partial charge in [-0.25, -0.2) is 0 Å². The van der Waals surface area contributed by atoms with Gasteiger partial charge in [-0.2, -0.15) is 0 Å². The second kappa shape index (κ2) is 8.88. The van der Waals surface area contributed by atoms with Crippen LogP contribution in [0.25, 0.3) is 0 Å². The van der Waals surface area contributed by atoms with E-state index in [1.807, 2.05) is 7.05 Å². The normalized spacial score (nSPS) is 24.3. The third-order valence-corrected chi connectivity index (χ3v) is 4.90. The molecule has 0 aromatic heterocycles. The zero-order valence-corrected chi connectivity index (χ0v) is 15.6. The van der Waals surface area contributed by atoms with Gasteiger partial charge in [-0.15, -0.1) is 0 Å². The van der Waals surface area contributed by atoms with E-state index in [-0.39, 0.29) is 5.54 Å². The van der Waals surface area contributed by atoms with Gasteiger partial charge in [0.15, 0.2) is 5.96 Å². The summed E-state index contributed by atoms with van der Waals surface area (Å²) in [5.74, 6) is 1.89. The molecule has 5 nitrogen and oxygen atoms in total. The summed E-state index contributed by atoms with van der Waals surface area (Å²) in [5.41, 5.74) is 0.171. The van der Waals surface area contributed by atoms with Crippen LogP contribution in [0.5, 0.6) is 0 Å². The predicted octanol–water partition coefficient (Wildman–Crippen LogP) is 1.80. The lowest BCUT2D eigenvalue weighted by atomic mass is 10.1. The van der Waals surface area contributed by atoms with Crippen molar-refractivity contribution in [3.63, 3.8) is 0 Å². The Morgan fingerprint density at radius 3 is 2.52 bits per heavy atom. The molecule has 1 unspecified atom stereocenters. The average molecular weight is 324 g/mol. The van der Waals surface area contributed by atoms with Gasteiger partial charge in [0, 0.05) is 51.4 Å². The van der Waals surface area contributed by atoms with Crippen LogP contribution < -0.4 is 16.0 Å². The molecule has 3 N–H and O–H groups in total. The molecule has 1 saturated heterocycles. The van der Waals surface area contributed by atoms with Gasteiger partial charge in [-0.1, -0.05) is 12.8 Å². The highest BCUT2D eigenvalue weighted by Crippen LogP contribution is 2.26. The first-order valence-corrected chi connectivity index (χ1v) is 9.41. The highest BCUT2D eigenvalue weighted by atomic mass is 15.2. The Kier molecular flexibility index (Phi) is 7.15. The summed E-state index contributed by atoms with van der Waals surface area (Å²) in [6, 6.07) is 0.540. The van der Waals surface area contributed by atoms with E-state index in [4.69, 9.17) is 0 Å². The quantitative estimate of drug-likeness (QED) is 0.396. The molecule has 23 heavy (non-hydrogen) atoms. The van der Waals surface area contributed by atoms with Gasteiger partial charge >= 0.3 is 0 Å². The topological polar surface area (TPSA) is 51.7 Å². The molecular weight excluding hydrogens is 286 g/mol. The van der Waals surface area contributed by atoms with E-state index in [1.54, 1.807) is 0 Å². The summed E-state index contributed by atoms with van der Waals surface area (Å²) in [6.07, 6.45) is 7.00. The van der Waals surface area contributed by atoms with Gasteiger partial charge < -0.3 is 20.9 Å². The Bertz CT molecular complexity index is 368. The zero-order chi connectivity index (χ0) is 16.7. The summed E-state index contributed by atoms with van der Waals surface area (Å²) in [5, 5.41) is 10.5. The van der Waals surface area contributed by atoms with E-state index in [2.05, 4.69) is 46.6 Å². The summed E-state index contributed by atoms with van der Waals surface area (Å²) >= 11 is 0. The Balaban J connectivity index is 1.62. The SMILES string of the molecule is CN=C(NCCNC(C)(C)C)NC1CCN(CC2CCCC2)C1. The number of aliphatic imine (C=N–C) groups is 1. The Hall–Kier alpha value is -0.810. The summed E-state index contributed by atoms with van der Waals surface area (Å²) in [6.45, 7) is 12.1. The number of rotatable bonds is 6. The van der Waals surface area contributed by atoms with Gasteiger partial charge in [0.2, 0.25) is 0 Å². The van der Waals surface area contributed by atoms with Crippen LogP contribution in [0.2, 0.25) is 0 Å². The highest BCUT2D eigenvalue weighted by molar-refractivity contribution is 5.80.